The number of hydrogen-bond donors (Lipinski definition) is 1. The van der Waals surface area contributed by atoms with Crippen LogP contribution in [0.5, 0.6) is 0 Å². The van der Waals surface area contributed by atoms with E-state index in [1.54, 1.807) is 0 Å². The van der Waals surface area contributed by atoms with Gasteiger partial charge >= 0.3 is 0 Å². The van der Waals surface area contributed by atoms with Crippen molar-refractivity contribution in [1.29, 1.82) is 0 Å². The predicted molar refractivity (Wildman–Crippen MR) is 88.4 cm³/mol. The van der Waals surface area contributed by atoms with Gasteiger partial charge < -0.3 is 5.32 Å². The molecule has 0 spiro atoms. The lowest BCUT2D eigenvalue weighted by atomic mass is 9.85. The van der Waals surface area contributed by atoms with Gasteiger partial charge in [0.2, 0.25) is 0 Å². The van der Waals surface area contributed by atoms with Crippen LogP contribution in [0.15, 0.2) is 42.5 Å². The van der Waals surface area contributed by atoms with Gasteiger partial charge in [-0.15, -0.1) is 0 Å². The van der Waals surface area contributed by atoms with E-state index in [0.717, 1.165) is 6.54 Å². The van der Waals surface area contributed by atoms with E-state index in [0.29, 0.717) is 0 Å². The fourth-order valence-electron chi connectivity index (χ4n) is 2.20. The third-order valence-electron chi connectivity index (χ3n) is 3.75. The Hall–Kier alpha value is -1.76. The minimum Gasteiger partial charge on any atom is -0.381 e. The predicted octanol–water partition coefficient (Wildman–Crippen LogP) is 5.21. The third-order valence-corrected chi connectivity index (χ3v) is 3.75. The number of nitrogens with one attached hydrogen (secondary N) is 1. The summed E-state index contributed by atoms with van der Waals surface area (Å²) in [6.45, 7) is 11.9. The zero-order valence-corrected chi connectivity index (χ0v) is 13.2. The van der Waals surface area contributed by atoms with E-state index in [4.69, 9.17) is 0 Å². The molecule has 20 heavy (non-hydrogen) atoms. The van der Waals surface area contributed by atoms with Crippen LogP contribution in [0.2, 0.25) is 0 Å². The summed E-state index contributed by atoms with van der Waals surface area (Å²) in [6, 6.07) is 15.4. The molecular weight excluding hydrogens is 242 g/mol. The molecule has 0 radical (unpaired) electrons. The van der Waals surface area contributed by atoms with Crippen molar-refractivity contribution in [2.75, 3.05) is 5.32 Å². The number of aryl methyl sites for hydroxylation is 2. The molecule has 0 aliphatic heterocycles. The first-order valence-electron chi connectivity index (χ1n) is 7.27. The van der Waals surface area contributed by atoms with Crippen molar-refractivity contribution in [2.45, 2.75) is 46.6 Å². The summed E-state index contributed by atoms with van der Waals surface area (Å²) in [5.41, 5.74) is 6.78. The Balaban J connectivity index is 2.14. The van der Waals surface area contributed by atoms with E-state index in [2.05, 4.69) is 82.4 Å². The van der Waals surface area contributed by atoms with Gasteiger partial charge in [-0.1, -0.05) is 56.7 Å². The molecule has 0 aromatic heterocycles. The zero-order valence-electron chi connectivity index (χ0n) is 13.2. The Morgan fingerprint density at radius 1 is 0.900 bits per heavy atom. The van der Waals surface area contributed by atoms with Crippen molar-refractivity contribution in [3.63, 3.8) is 0 Å². The van der Waals surface area contributed by atoms with E-state index >= 15 is 0 Å². The van der Waals surface area contributed by atoms with Gasteiger partial charge in [0, 0.05) is 12.2 Å². The van der Waals surface area contributed by atoms with Gasteiger partial charge in [-0.25, -0.2) is 0 Å². The Morgan fingerprint density at radius 3 is 2.15 bits per heavy atom. The molecule has 2 aromatic carbocycles. The third kappa shape index (κ3) is 3.63. The van der Waals surface area contributed by atoms with Crippen LogP contribution in [0.4, 0.5) is 5.69 Å². The standard InChI is InChI=1S/C19H25N/c1-14-6-10-18(11-7-14)20-13-16-12-17(19(3,4)5)9-8-15(16)2/h6-12,20H,13H2,1-5H3. The molecule has 0 atom stereocenters. The smallest absolute Gasteiger partial charge is 0.0403 e. The molecule has 2 aromatic rings. The lowest BCUT2D eigenvalue weighted by molar-refractivity contribution is 0.589. The molecule has 0 aliphatic rings. The van der Waals surface area contributed by atoms with E-state index in [9.17, 15) is 0 Å². The van der Waals surface area contributed by atoms with Crippen LogP contribution in [-0.2, 0) is 12.0 Å². The Kier molecular flexibility index (Phi) is 4.17. The number of rotatable bonds is 3. The van der Waals surface area contributed by atoms with Gasteiger partial charge in [0.05, 0.1) is 0 Å². The highest BCUT2D eigenvalue weighted by molar-refractivity contribution is 5.46. The Bertz CT molecular complexity index is 574. The highest BCUT2D eigenvalue weighted by Crippen LogP contribution is 2.25. The van der Waals surface area contributed by atoms with Crippen molar-refractivity contribution in [2.24, 2.45) is 0 Å². The highest BCUT2D eigenvalue weighted by Gasteiger charge is 2.14. The first-order valence-corrected chi connectivity index (χ1v) is 7.27. The monoisotopic (exact) mass is 267 g/mol. The van der Waals surface area contributed by atoms with Gasteiger partial charge in [0.15, 0.2) is 0 Å². The maximum Gasteiger partial charge on any atom is 0.0403 e. The quantitative estimate of drug-likeness (QED) is 0.804. The average molecular weight is 267 g/mol. The van der Waals surface area contributed by atoms with Crippen molar-refractivity contribution >= 4 is 5.69 Å². The van der Waals surface area contributed by atoms with Crippen LogP contribution >= 0.6 is 0 Å². The number of anilines is 1. The van der Waals surface area contributed by atoms with Gasteiger partial charge in [-0.05, 0) is 48.1 Å². The molecule has 1 N–H and O–H groups in total. The topological polar surface area (TPSA) is 12.0 Å². The minimum absolute atomic E-state index is 0.201. The van der Waals surface area contributed by atoms with Crippen LogP contribution in [0.25, 0.3) is 0 Å². The zero-order chi connectivity index (χ0) is 14.8. The first kappa shape index (κ1) is 14.6. The summed E-state index contributed by atoms with van der Waals surface area (Å²) >= 11 is 0. The minimum atomic E-state index is 0.201. The maximum absolute atomic E-state index is 3.51. The van der Waals surface area contributed by atoms with Crippen LogP contribution in [0.1, 0.15) is 43.0 Å². The largest absolute Gasteiger partial charge is 0.381 e. The lowest BCUT2D eigenvalue weighted by Crippen LogP contribution is -2.12. The van der Waals surface area contributed by atoms with Gasteiger partial charge in [-0.2, -0.15) is 0 Å². The lowest BCUT2D eigenvalue weighted by Gasteiger charge is -2.21. The van der Waals surface area contributed by atoms with Crippen molar-refractivity contribution in [3.05, 3.63) is 64.7 Å². The summed E-state index contributed by atoms with van der Waals surface area (Å²) in [7, 11) is 0. The second-order valence-electron chi connectivity index (χ2n) is 6.61. The molecule has 0 saturated carbocycles. The summed E-state index contributed by atoms with van der Waals surface area (Å²) < 4.78 is 0. The Labute approximate surface area is 123 Å². The molecule has 1 heteroatoms. The SMILES string of the molecule is Cc1ccc(NCc2cc(C(C)(C)C)ccc2C)cc1. The van der Waals surface area contributed by atoms with Crippen LogP contribution in [-0.4, -0.2) is 0 Å². The van der Waals surface area contributed by atoms with Crippen molar-refractivity contribution < 1.29 is 0 Å². The van der Waals surface area contributed by atoms with Gasteiger partial charge in [0.1, 0.15) is 0 Å². The van der Waals surface area contributed by atoms with E-state index in [1.807, 2.05) is 0 Å². The highest BCUT2D eigenvalue weighted by atomic mass is 14.9. The molecule has 0 unspecified atom stereocenters. The maximum atomic E-state index is 3.51. The summed E-state index contributed by atoms with van der Waals surface area (Å²) in [5.74, 6) is 0. The molecule has 1 nitrogen and oxygen atoms in total. The van der Waals surface area contributed by atoms with Crippen LogP contribution in [0.3, 0.4) is 0 Å². The molecule has 0 amide bonds. The second-order valence-corrected chi connectivity index (χ2v) is 6.61. The summed E-state index contributed by atoms with van der Waals surface area (Å²) in [6.07, 6.45) is 0. The van der Waals surface area contributed by atoms with Crippen molar-refractivity contribution in [1.82, 2.24) is 0 Å². The summed E-state index contributed by atoms with van der Waals surface area (Å²) in [5, 5.41) is 3.51. The molecule has 0 bridgehead atoms. The van der Waals surface area contributed by atoms with E-state index in [-0.39, 0.29) is 5.41 Å². The average Bonchev–Trinajstić information content (AvgIpc) is 2.38. The molecule has 0 fully saturated rings. The molecule has 2 rings (SSSR count). The second kappa shape index (κ2) is 5.70. The first-order chi connectivity index (χ1) is 9.36. The van der Waals surface area contributed by atoms with Gasteiger partial charge in [0.25, 0.3) is 0 Å². The Morgan fingerprint density at radius 2 is 1.55 bits per heavy atom. The number of benzene rings is 2. The molecule has 106 valence electrons. The van der Waals surface area contributed by atoms with Crippen LogP contribution < -0.4 is 5.32 Å². The fourth-order valence-corrected chi connectivity index (χ4v) is 2.20. The molecule has 0 saturated heterocycles. The van der Waals surface area contributed by atoms with Crippen molar-refractivity contribution in [3.8, 4) is 0 Å². The normalized spacial score (nSPS) is 11.4. The van der Waals surface area contributed by atoms with Gasteiger partial charge in [-0.3, -0.25) is 0 Å². The number of hydrogen-bond acceptors (Lipinski definition) is 1. The molecule has 0 heterocycles. The molecular formula is C19H25N. The fraction of sp³-hybridized carbons (Fsp3) is 0.368. The van der Waals surface area contributed by atoms with Crippen LogP contribution in [0, 0.1) is 13.8 Å². The van der Waals surface area contributed by atoms with E-state index in [1.165, 1.54) is 27.9 Å². The molecule has 0 aliphatic carbocycles. The van der Waals surface area contributed by atoms with E-state index < -0.39 is 0 Å². The summed E-state index contributed by atoms with van der Waals surface area (Å²) in [4.78, 5) is 0.